The molecule has 0 bridgehead atoms. The van der Waals surface area contributed by atoms with Crippen molar-refractivity contribution < 1.29 is 19.1 Å². The van der Waals surface area contributed by atoms with Gasteiger partial charge in [0.1, 0.15) is 5.75 Å². The van der Waals surface area contributed by atoms with E-state index in [9.17, 15) is 14.4 Å². The van der Waals surface area contributed by atoms with E-state index >= 15 is 0 Å². The van der Waals surface area contributed by atoms with Gasteiger partial charge in [0, 0.05) is 16.7 Å². The van der Waals surface area contributed by atoms with E-state index < -0.39 is 0 Å². The van der Waals surface area contributed by atoms with E-state index in [-0.39, 0.29) is 24.1 Å². The zero-order valence-electron chi connectivity index (χ0n) is 16.3. The first-order chi connectivity index (χ1) is 14.5. The molecule has 2 amide bonds. The molecule has 3 aromatic carbocycles. The number of Topliss-reactive ketones (excluding diaryl/α,β-unsaturated/α-hetero) is 1. The molecule has 0 heterocycles. The molecule has 0 saturated heterocycles. The minimum atomic E-state index is -0.376. The molecule has 0 aliphatic heterocycles. The predicted molar refractivity (Wildman–Crippen MR) is 115 cm³/mol. The lowest BCUT2D eigenvalue weighted by Crippen LogP contribution is -2.29. The number of ether oxygens (including phenoxy) is 1. The second-order valence-electron chi connectivity index (χ2n) is 6.46. The summed E-state index contributed by atoms with van der Waals surface area (Å²) >= 11 is 0. The quantitative estimate of drug-likeness (QED) is 0.415. The van der Waals surface area contributed by atoms with E-state index in [0.717, 1.165) is 0 Å². The molecule has 0 unspecified atom stereocenters. The zero-order valence-corrected chi connectivity index (χ0v) is 16.3. The maximum Gasteiger partial charge on any atom is 0.255 e. The SMILES string of the molecule is COc1cccc(C(=O)NCC(=O)c2ccc(C(=O)Nc3ccccc3N)cc2)c1. The Bertz CT molecular complexity index is 1080. The summed E-state index contributed by atoms with van der Waals surface area (Å²) in [6.07, 6.45) is 0. The molecule has 0 fully saturated rings. The third-order valence-corrected chi connectivity index (χ3v) is 4.42. The van der Waals surface area contributed by atoms with Crippen molar-refractivity contribution in [2.45, 2.75) is 0 Å². The van der Waals surface area contributed by atoms with Crippen molar-refractivity contribution in [3.8, 4) is 5.75 Å². The molecule has 0 aliphatic rings. The van der Waals surface area contributed by atoms with Crippen LogP contribution in [-0.4, -0.2) is 31.3 Å². The Kier molecular flexibility index (Phi) is 6.44. The summed E-state index contributed by atoms with van der Waals surface area (Å²) in [4.78, 5) is 36.9. The maximum atomic E-state index is 12.4. The topological polar surface area (TPSA) is 111 Å². The van der Waals surface area contributed by atoms with Crippen LogP contribution in [0.15, 0.2) is 72.8 Å². The summed E-state index contributed by atoms with van der Waals surface area (Å²) in [5.41, 5.74) is 7.97. The highest BCUT2D eigenvalue weighted by Crippen LogP contribution is 2.18. The average Bonchev–Trinajstić information content (AvgIpc) is 2.78. The average molecular weight is 403 g/mol. The van der Waals surface area contributed by atoms with Crippen LogP contribution in [0.3, 0.4) is 0 Å². The van der Waals surface area contributed by atoms with Crippen molar-refractivity contribution in [2.24, 2.45) is 0 Å². The van der Waals surface area contributed by atoms with Gasteiger partial charge in [-0.1, -0.05) is 30.3 Å². The van der Waals surface area contributed by atoms with Gasteiger partial charge in [0.2, 0.25) is 0 Å². The number of methoxy groups -OCH3 is 1. The van der Waals surface area contributed by atoms with Crippen LogP contribution >= 0.6 is 0 Å². The number of carbonyl (C=O) groups excluding carboxylic acids is 3. The molecule has 0 spiro atoms. The fourth-order valence-corrected chi connectivity index (χ4v) is 2.74. The molecule has 30 heavy (non-hydrogen) atoms. The number of nitrogens with two attached hydrogens (primary N) is 1. The first-order valence-electron chi connectivity index (χ1n) is 9.19. The largest absolute Gasteiger partial charge is 0.497 e. The maximum absolute atomic E-state index is 12.4. The van der Waals surface area contributed by atoms with Gasteiger partial charge in [-0.3, -0.25) is 14.4 Å². The molecule has 0 radical (unpaired) electrons. The van der Waals surface area contributed by atoms with Gasteiger partial charge in [0.05, 0.1) is 25.0 Å². The number of para-hydroxylation sites is 2. The van der Waals surface area contributed by atoms with Crippen LogP contribution in [0.5, 0.6) is 5.75 Å². The molecule has 0 atom stereocenters. The number of benzene rings is 3. The van der Waals surface area contributed by atoms with Gasteiger partial charge < -0.3 is 21.1 Å². The first kappa shape index (κ1) is 20.6. The lowest BCUT2D eigenvalue weighted by molar-refractivity contribution is 0.0904. The molecule has 0 saturated carbocycles. The second-order valence-corrected chi connectivity index (χ2v) is 6.46. The van der Waals surface area contributed by atoms with E-state index in [2.05, 4.69) is 10.6 Å². The molecule has 7 nitrogen and oxygen atoms in total. The minimum absolute atomic E-state index is 0.165. The van der Waals surface area contributed by atoms with Crippen LogP contribution in [0.25, 0.3) is 0 Å². The van der Waals surface area contributed by atoms with Crippen LogP contribution in [-0.2, 0) is 0 Å². The van der Waals surface area contributed by atoms with Crippen molar-refractivity contribution in [3.05, 3.63) is 89.5 Å². The monoisotopic (exact) mass is 403 g/mol. The van der Waals surface area contributed by atoms with Gasteiger partial charge in [-0.2, -0.15) is 0 Å². The number of amides is 2. The highest BCUT2D eigenvalue weighted by Gasteiger charge is 2.12. The van der Waals surface area contributed by atoms with Gasteiger partial charge in [-0.15, -0.1) is 0 Å². The Morgan fingerprint density at radius 2 is 1.53 bits per heavy atom. The van der Waals surface area contributed by atoms with Crippen LogP contribution in [0.4, 0.5) is 11.4 Å². The van der Waals surface area contributed by atoms with E-state index in [1.54, 1.807) is 72.8 Å². The standard InChI is InChI=1S/C23H21N3O4/c1-30-18-6-4-5-17(13-18)22(28)25-14-21(27)15-9-11-16(12-10-15)23(29)26-20-8-3-2-7-19(20)24/h2-13H,14,24H2,1H3,(H,25,28)(H,26,29). The summed E-state index contributed by atoms with van der Waals surface area (Å²) in [5, 5.41) is 5.31. The molecule has 3 rings (SSSR count). The van der Waals surface area contributed by atoms with E-state index in [1.807, 2.05) is 0 Å². The van der Waals surface area contributed by atoms with Crippen molar-refractivity contribution in [3.63, 3.8) is 0 Å². The van der Waals surface area contributed by atoms with E-state index in [0.29, 0.717) is 33.8 Å². The Hall–Kier alpha value is -4.13. The summed E-state index contributed by atoms with van der Waals surface area (Å²) < 4.78 is 5.09. The summed E-state index contributed by atoms with van der Waals surface area (Å²) in [6, 6.07) is 19.8. The molecule has 152 valence electrons. The van der Waals surface area contributed by atoms with Gasteiger partial charge >= 0.3 is 0 Å². The number of anilines is 2. The fourth-order valence-electron chi connectivity index (χ4n) is 2.74. The van der Waals surface area contributed by atoms with Gasteiger partial charge in [-0.25, -0.2) is 0 Å². The van der Waals surface area contributed by atoms with Crippen LogP contribution < -0.4 is 21.1 Å². The fraction of sp³-hybridized carbons (Fsp3) is 0.0870. The molecule has 3 aromatic rings. The number of nitrogen functional groups attached to an aromatic ring is 1. The smallest absolute Gasteiger partial charge is 0.255 e. The highest BCUT2D eigenvalue weighted by atomic mass is 16.5. The molecule has 0 aromatic heterocycles. The summed E-state index contributed by atoms with van der Waals surface area (Å²) in [6.45, 7) is -0.165. The molecular weight excluding hydrogens is 382 g/mol. The van der Waals surface area contributed by atoms with Gasteiger partial charge in [0.25, 0.3) is 11.8 Å². The number of hydrogen-bond acceptors (Lipinski definition) is 5. The van der Waals surface area contributed by atoms with Crippen LogP contribution in [0.1, 0.15) is 31.1 Å². The van der Waals surface area contributed by atoms with E-state index in [1.165, 1.54) is 7.11 Å². The minimum Gasteiger partial charge on any atom is -0.497 e. The molecular formula is C23H21N3O4. The Morgan fingerprint density at radius 1 is 0.833 bits per heavy atom. The Balaban J connectivity index is 1.58. The number of ketones is 1. The molecule has 4 N–H and O–H groups in total. The normalized spacial score (nSPS) is 10.2. The van der Waals surface area contributed by atoms with Gasteiger partial charge in [-0.05, 0) is 42.5 Å². The number of carbonyl (C=O) groups is 3. The number of rotatable bonds is 7. The highest BCUT2D eigenvalue weighted by molar-refractivity contribution is 6.07. The number of nitrogens with one attached hydrogen (secondary N) is 2. The molecule has 7 heteroatoms. The predicted octanol–water partition coefficient (Wildman–Crippen LogP) is 3.14. The summed E-state index contributed by atoms with van der Waals surface area (Å²) in [7, 11) is 1.51. The van der Waals surface area contributed by atoms with Crippen LogP contribution in [0, 0.1) is 0 Å². The number of hydrogen-bond donors (Lipinski definition) is 3. The van der Waals surface area contributed by atoms with Crippen molar-refractivity contribution >= 4 is 29.0 Å². The zero-order chi connectivity index (χ0) is 21.5. The van der Waals surface area contributed by atoms with Crippen molar-refractivity contribution in [2.75, 3.05) is 24.7 Å². The third kappa shape index (κ3) is 5.02. The first-order valence-corrected chi connectivity index (χ1v) is 9.19. The van der Waals surface area contributed by atoms with E-state index in [4.69, 9.17) is 10.5 Å². The lowest BCUT2D eigenvalue weighted by atomic mass is 10.1. The van der Waals surface area contributed by atoms with Crippen molar-refractivity contribution in [1.82, 2.24) is 5.32 Å². The Morgan fingerprint density at radius 3 is 2.23 bits per heavy atom. The van der Waals surface area contributed by atoms with Gasteiger partial charge in [0.15, 0.2) is 5.78 Å². The molecule has 0 aliphatic carbocycles. The van der Waals surface area contributed by atoms with Crippen molar-refractivity contribution in [1.29, 1.82) is 0 Å². The summed E-state index contributed by atoms with van der Waals surface area (Å²) in [5.74, 6) is -0.428. The third-order valence-electron chi connectivity index (χ3n) is 4.42. The lowest BCUT2D eigenvalue weighted by Gasteiger charge is -2.09. The van der Waals surface area contributed by atoms with Crippen LogP contribution in [0.2, 0.25) is 0 Å². The second kappa shape index (κ2) is 9.38. The Labute approximate surface area is 173 Å².